The van der Waals surface area contributed by atoms with Gasteiger partial charge in [-0.25, -0.2) is 0 Å². The van der Waals surface area contributed by atoms with Crippen LogP contribution in [0.3, 0.4) is 0 Å². The van der Waals surface area contributed by atoms with Crippen LogP contribution in [0.15, 0.2) is 54.7 Å². The van der Waals surface area contributed by atoms with Gasteiger partial charge in [0.05, 0.1) is 11.6 Å². The van der Waals surface area contributed by atoms with Gasteiger partial charge in [0.1, 0.15) is 0 Å². The highest BCUT2D eigenvalue weighted by Gasteiger charge is 2.43. The molecule has 1 aromatic heterocycles. The monoisotopic (exact) mass is 448 g/mol. The topological polar surface area (TPSA) is 57.3 Å². The number of amides is 1. The van der Waals surface area contributed by atoms with Gasteiger partial charge in [0, 0.05) is 47.1 Å². The minimum atomic E-state index is -0.144. The summed E-state index contributed by atoms with van der Waals surface area (Å²) in [5, 5.41) is 8.67. The van der Waals surface area contributed by atoms with Crippen molar-refractivity contribution in [3.8, 4) is 0 Å². The molecule has 2 heterocycles. The molecule has 1 saturated heterocycles. The number of nitrogens with zero attached hydrogens (tertiary/aromatic N) is 2. The summed E-state index contributed by atoms with van der Waals surface area (Å²) in [6.07, 6.45) is 4.17. The van der Waals surface area contributed by atoms with Crippen molar-refractivity contribution in [1.82, 2.24) is 9.88 Å². The van der Waals surface area contributed by atoms with Crippen molar-refractivity contribution in [3.63, 3.8) is 0 Å². The van der Waals surface area contributed by atoms with Crippen molar-refractivity contribution >= 4 is 39.8 Å². The number of carbonyl (C=O) groups is 1. The Hall–Kier alpha value is -2.63. The summed E-state index contributed by atoms with van der Waals surface area (Å²) in [5.41, 5.74) is 4.25. The Labute approximate surface area is 194 Å². The second-order valence-corrected chi connectivity index (χ2v) is 9.77. The first-order valence-corrected chi connectivity index (χ1v) is 11.8. The molecule has 3 unspecified atom stereocenters. The molecule has 1 aliphatic heterocycles. The van der Waals surface area contributed by atoms with Gasteiger partial charge in [-0.15, -0.1) is 0 Å². The summed E-state index contributed by atoms with van der Waals surface area (Å²) in [4.78, 5) is 19.6. The van der Waals surface area contributed by atoms with Crippen LogP contribution in [0.25, 0.3) is 10.9 Å². The van der Waals surface area contributed by atoms with E-state index in [0.717, 1.165) is 37.1 Å². The molecule has 1 aliphatic carbocycles. The molecule has 6 heteroatoms. The molecule has 166 valence electrons. The fourth-order valence-electron chi connectivity index (χ4n) is 5.32. The molecule has 1 amide bonds. The van der Waals surface area contributed by atoms with Gasteiger partial charge in [-0.05, 0) is 81.0 Å². The molecule has 5 rings (SSSR count). The van der Waals surface area contributed by atoms with Crippen LogP contribution in [0.1, 0.15) is 25.3 Å². The number of fused-ring (bicyclic) bond motifs is 2. The summed E-state index contributed by atoms with van der Waals surface area (Å²) in [7, 11) is 0. The zero-order valence-corrected chi connectivity index (χ0v) is 19.3. The van der Waals surface area contributed by atoms with Gasteiger partial charge in [-0.1, -0.05) is 23.2 Å². The minimum absolute atomic E-state index is 0.0422. The lowest BCUT2D eigenvalue weighted by Gasteiger charge is -2.25. The molecule has 0 spiro atoms. The third-order valence-electron chi connectivity index (χ3n) is 7.07. The normalized spacial score (nSPS) is 23.8. The van der Waals surface area contributed by atoms with E-state index in [2.05, 4.69) is 51.7 Å². The quantitative estimate of drug-likeness (QED) is 0.552. The van der Waals surface area contributed by atoms with Gasteiger partial charge >= 0.3 is 0 Å². The first-order chi connectivity index (χ1) is 15.5. The number of hydrogen-bond donors (Lipinski definition) is 2. The Morgan fingerprint density at radius 2 is 1.81 bits per heavy atom. The molecule has 5 nitrogen and oxygen atoms in total. The standard InChI is InChI=1S/C26H29ClN4O/c1-16-3-8-24-23(11-16)25(9-10-28-24)29-22-12-18-14-31(15-19(18)13-22)17(2)26(32)30-21-6-4-20(27)5-7-21/h3-11,17-19,22H,12-15H2,1-2H3,(H,28,29)(H,30,32). The van der Waals surface area contributed by atoms with Crippen molar-refractivity contribution in [3.05, 3.63) is 65.3 Å². The summed E-state index contributed by atoms with van der Waals surface area (Å²) in [6, 6.07) is 16.1. The average molecular weight is 449 g/mol. The Morgan fingerprint density at radius 1 is 1.09 bits per heavy atom. The molecule has 3 atom stereocenters. The summed E-state index contributed by atoms with van der Waals surface area (Å²) >= 11 is 5.94. The summed E-state index contributed by atoms with van der Waals surface area (Å²) in [5.74, 6) is 1.31. The second-order valence-electron chi connectivity index (χ2n) is 9.34. The fourth-order valence-corrected chi connectivity index (χ4v) is 5.45. The van der Waals surface area contributed by atoms with E-state index in [1.807, 2.05) is 25.3 Å². The molecular weight excluding hydrogens is 420 g/mol. The number of rotatable bonds is 5. The molecule has 32 heavy (non-hydrogen) atoms. The number of halogens is 1. The van der Waals surface area contributed by atoms with E-state index in [0.29, 0.717) is 22.9 Å². The number of aryl methyl sites for hydroxylation is 1. The van der Waals surface area contributed by atoms with Gasteiger partial charge in [-0.3, -0.25) is 14.7 Å². The van der Waals surface area contributed by atoms with E-state index < -0.39 is 0 Å². The number of pyridine rings is 1. The van der Waals surface area contributed by atoms with Crippen molar-refractivity contribution in [2.45, 2.75) is 38.8 Å². The van der Waals surface area contributed by atoms with Gasteiger partial charge in [0.25, 0.3) is 0 Å². The Bertz CT molecular complexity index is 1120. The van der Waals surface area contributed by atoms with Crippen LogP contribution in [-0.2, 0) is 4.79 Å². The van der Waals surface area contributed by atoms with Crippen molar-refractivity contribution in [2.75, 3.05) is 23.7 Å². The number of aromatic nitrogens is 1. The Morgan fingerprint density at radius 3 is 2.53 bits per heavy atom. The van der Waals surface area contributed by atoms with Crippen molar-refractivity contribution in [1.29, 1.82) is 0 Å². The van der Waals surface area contributed by atoms with Crippen LogP contribution < -0.4 is 10.6 Å². The summed E-state index contributed by atoms with van der Waals surface area (Å²) < 4.78 is 0. The largest absolute Gasteiger partial charge is 0.382 e. The molecule has 2 aromatic carbocycles. The van der Waals surface area contributed by atoms with E-state index in [4.69, 9.17) is 11.6 Å². The zero-order chi connectivity index (χ0) is 22.2. The van der Waals surface area contributed by atoms with E-state index >= 15 is 0 Å². The first-order valence-electron chi connectivity index (χ1n) is 11.4. The fraction of sp³-hybridized carbons (Fsp3) is 0.385. The van der Waals surface area contributed by atoms with E-state index in [-0.39, 0.29) is 11.9 Å². The summed E-state index contributed by atoms with van der Waals surface area (Å²) in [6.45, 7) is 6.09. The second kappa shape index (κ2) is 8.72. The lowest BCUT2D eigenvalue weighted by molar-refractivity contribution is -0.120. The molecule has 3 aromatic rings. The highest BCUT2D eigenvalue weighted by atomic mass is 35.5. The average Bonchev–Trinajstić information content (AvgIpc) is 3.34. The maximum Gasteiger partial charge on any atom is 0.241 e. The van der Waals surface area contributed by atoms with E-state index in [9.17, 15) is 4.79 Å². The molecule has 2 aliphatic rings. The minimum Gasteiger partial charge on any atom is -0.382 e. The lowest BCUT2D eigenvalue weighted by atomic mass is 10.0. The molecule has 0 radical (unpaired) electrons. The van der Waals surface area contributed by atoms with Gasteiger partial charge in [0.2, 0.25) is 5.91 Å². The van der Waals surface area contributed by atoms with Crippen LogP contribution in [-0.4, -0.2) is 41.0 Å². The Kier molecular flexibility index (Phi) is 5.78. The molecule has 2 fully saturated rings. The van der Waals surface area contributed by atoms with Gasteiger partial charge < -0.3 is 10.6 Å². The highest BCUT2D eigenvalue weighted by Crippen LogP contribution is 2.40. The Balaban J connectivity index is 1.19. The van der Waals surface area contributed by atoms with Gasteiger partial charge in [0.15, 0.2) is 0 Å². The molecular formula is C26H29ClN4O. The van der Waals surface area contributed by atoms with Crippen LogP contribution in [0.4, 0.5) is 11.4 Å². The molecule has 1 saturated carbocycles. The maximum absolute atomic E-state index is 12.8. The van der Waals surface area contributed by atoms with Crippen molar-refractivity contribution < 1.29 is 4.79 Å². The first kappa shape index (κ1) is 21.2. The number of hydrogen-bond acceptors (Lipinski definition) is 4. The maximum atomic E-state index is 12.8. The number of carbonyl (C=O) groups excluding carboxylic acids is 1. The number of anilines is 2. The third-order valence-corrected chi connectivity index (χ3v) is 7.33. The highest BCUT2D eigenvalue weighted by molar-refractivity contribution is 6.30. The predicted octanol–water partition coefficient (Wildman–Crippen LogP) is 5.35. The predicted molar refractivity (Wildman–Crippen MR) is 131 cm³/mol. The van der Waals surface area contributed by atoms with E-state index in [1.54, 1.807) is 12.1 Å². The molecule has 0 bridgehead atoms. The van der Waals surface area contributed by atoms with Crippen LogP contribution >= 0.6 is 11.6 Å². The lowest BCUT2D eigenvalue weighted by Crippen LogP contribution is -2.41. The molecule has 2 N–H and O–H groups in total. The SMILES string of the molecule is Cc1ccc2nccc(NC3CC4CN(C(C)C(=O)Nc5ccc(Cl)cc5)CC4C3)c2c1. The van der Waals surface area contributed by atoms with Crippen LogP contribution in [0.2, 0.25) is 5.02 Å². The van der Waals surface area contributed by atoms with Crippen molar-refractivity contribution in [2.24, 2.45) is 11.8 Å². The van der Waals surface area contributed by atoms with Crippen LogP contribution in [0, 0.1) is 18.8 Å². The smallest absolute Gasteiger partial charge is 0.241 e. The van der Waals surface area contributed by atoms with E-state index in [1.165, 1.54) is 16.6 Å². The number of benzene rings is 2. The third kappa shape index (κ3) is 4.32. The number of nitrogens with one attached hydrogen (secondary N) is 2. The van der Waals surface area contributed by atoms with Crippen LogP contribution in [0.5, 0.6) is 0 Å². The zero-order valence-electron chi connectivity index (χ0n) is 18.5. The number of likely N-dealkylation sites (tertiary alicyclic amines) is 1. The van der Waals surface area contributed by atoms with Gasteiger partial charge in [-0.2, -0.15) is 0 Å².